The van der Waals surface area contributed by atoms with Crippen molar-refractivity contribution in [2.45, 2.75) is 59.0 Å². The second-order valence-electron chi connectivity index (χ2n) is 7.41. The zero-order valence-electron chi connectivity index (χ0n) is 13.7. The van der Waals surface area contributed by atoms with Crippen LogP contribution in [0, 0.1) is 12.3 Å². The number of anilines is 1. The van der Waals surface area contributed by atoms with Crippen LogP contribution < -0.4 is 11.1 Å². The Labute approximate surface area is 130 Å². The highest BCUT2D eigenvalue weighted by Crippen LogP contribution is 2.65. The number of ether oxygens (including phenoxy) is 1. The van der Waals surface area contributed by atoms with Crippen LogP contribution in [-0.2, 0) is 10.2 Å². The lowest BCUT2D eigenvalue weighted by atomic mass is 9.93. The molecule has 1 amide bonds. The number of carbonyl (C=O) groups is 1. The Hall–Kier alpha value is -1.14. The lowest BCUT2D eigenvalue weighted by Gasteiger charge is -2.19. The molecule has 0 aromatic carbocycles. The number of aromatic nitrogens is 1. The number of nitrogens with one attached hydrogen (secondary N) is 1. The molecule has 0 saturated heterocycles. The molecule has 0 aliphatic heterocycles. The quantitative estimate of drug-likeness (QED) is 0.896. The van der Waals surface area contributed by atoms with Gasteiger partial charge in [-0.3, -0.25) is 5.32 Å². The molecule has 1 saturated carbocycles. The highest BCUT2D eigenvalue weighted by atomic mass is 32.1. The first-order valence-corrected chi connectivity index (χ1v) is 8.00. The summed E-state index contributed by atoms with van der Waals surface area (Å²) in [5.74, 6) is 0. The number of hydrogen-bond acceptors (Lipinski definition) is 5. The minimum atomic E-state index is -0.518. The van der Waals surface area contributed by atoms with Crippen molar-refractivity contribution in [3.63, 3.8) is 0 Å². The number of hydrogen-bond donors (Lipinski definition) is 2. The molecular formula is C15H25N3O2S. The fourth-order valence-electron chi connectivity index (χ4n) is 2.82. The average molecular weight is 311 g/mol. The molecule has 1 aromatic rings. The van der Waals surface area contributed by atoms with Gasteiger partial charge < -0.3 is 10.5 Å². The third-order valence-electron chi connectivity index (χ3n) is 4.10. The number of amides is 1. The molecule has 1 unspecified atom stereocenters. The van der Waals surface area contributed by atoms with Gasteiger partial charge in [-0.15, -0.1) is 11.3 Å². The molecule has 1 aliphatic rings. The van der Waals surface area contributed by atoms with Gasteiger partial charge >= 0.3 is 6.09 Å². The molecule has 0 spiro atoms. The first kappa shape index (κ1) is 16.2. The molecule has 1 fully saturated rings. The van der Waals surface area contributed by atoms with Crippen molar-refractivity contribution in [1.29, 1.82) is 0 Å². The van der Waals surface area contributed by atoms with Crippen LogP contribution in [0.2, 0.25) is 0 Å². The fourth-order valence-corrected chi connectivity index (χ4v) is 4.15. The Bertz CT molecular complexity index is 560. The van der Waals surface area contributed by atoms with E-state index >= 15 is 0 Å². The van der Waals surface area contributed by atoms with Crippen LogP contribution in [0.25, 0.3) is 0 Å². The summed E-state index contributed by atoms with van der Waals surface area (Å²) in [6, 6.07) is 0. The van der Waals surface area contributed by atoms with Crippen LogP contribution in [0.3, 0.4) is 0 Å². The summed E-state index contributed by atoms with van der Waals surface area (Å²) >= 11 is 1.51. The van der Waals surface area contributed by atoms with E-state index in [-0.39, 0.29) is 10.8 Å². The molecular weight excluding hydrogens is 286 g/mol. The maximum absolute atomic E-state index is 11.8. The van der Waals surface area contributed by atoms with E-state index in [4.69, 9.17) is 10.5 Å². The Balaban J connectivity index is 2.16. The van der Waals surface area contributed by atoms with E-state index < -0.39 is 11.7 Å². The van der Waals surface area contributed by atoms with Crippen molar-refractivity contribution in [3.05, 3.63) is 10.6 Å². The Morgan fingerprint density at radius 3 is 2.48 bits per heavy atom. The normalized spacial score (nSPS) is 23.8. The van der Waals surface area contributed by atoms with Gasteiger partial charge in [0.15, 0.2) is 5.13 Å². The predicted molar refractivity (Wildman–Crippen MR) is 85.8 cm³/mol. The maximum Gasteiger partial charge on any atom is 0.413 e. The number of rotatable bonds is 3. The van der Waals surface area contributed by atoms with E-state index in [0.29, 0.717) is 11.7 Å². The van der Waals surface area contributed by atoms with Crippen LogP contribution in [-0.4, -0.2) is 23.2 Å². The molecule has 1 heterocycles. The van der Waals surface area contributed by atoms with Crippen LogP contribution in [0.5, 0.6) is 0 Å². The van der Waals surface area contributed by atoms with E-state index in [9.17, 15) is 4.79 Å². The zero-order chi connectivity index (χ0) is 16.1. The van der Waals surface area contributed by atoms with Crippen molar-refractivity contribution in [2.24, 2.45) is 11.1 Å². The maximum atomic E-state index is 11.8. The SMILES string of the molecule is Cc1nc(NC(=O)OC(C)(C)C)sc1C1(CN)CC1(C)C. The number of carbonyl (C=O) groups excluding carboxylic acids is 1. The van der Waals surface area contributed by atoms with Crippen LogP contribution in [0.4, 0.5) is 9.93 Å². The van der Waals surface area contributed by atoms with E-state index in [0.717, 1.165) is 12.1 Å². The van der Waals surface area contributed by atoms with Gasteiger partial charge in [0.05, 0.1) is 5.69 Å². The Kier molecular flexibility index (Phi) is 3.83. The highest BCUT2D eigenvalue weighted by molar-refractivity contribution is 7.16. The van der Waals surface area contributed by atoms with Gasteiger partial charge in [-0.05, 0) is 39.5 Å². The lowest BCUT2D eigenvalue weighted by Crippen LogP contribution is -2.27. The molecule has 2 rings (SSSR count). The predicted octanol–water partition coefficient (Wildman–Crippen LogP) is 3.42. The summed E-state index contributed by atoms with van der Waals surface area (Å²) in [7, 11) is 0. The molecule has 5 nitrogen and oxygen atoms in total. The molecule has 1 aliphatic carbocycles. The summed E-state index contributed by atoms with van der Waals surface area (Å²) in [6.45, 7) is 12.5. The highest BCUT2D eigenvalue weighted by Gasteiger charge is 2.62. The van der Waals surface area contributed by atoms with E-state index in [1.165, 1.54) is 16.2 Å². The second-order valence-corrected chi connectivity index (χ2v) is 8.41. The van der Waals surface area contributed by atoms with Gasteiger partial charge in [0.25, 0.3) is 0 Å². The minimum Gasteiger partial charge on any atom is -0.444 e. The summed E-state index contributed by atoms with van der Waals surface area (Å²) in [5.41, 5.74) is 6.63. The smallest absolute Gasteiger partial charge is 0.413 e. The third kappa shape index (κ3) is 3.06. The Morgan fingerprint density at radius 2 is 2.05 bits per heavy atom. The van der Waals surface area contributed by atoms with Gasteiger partial charge in [-0.2, -0.15) is 0 Å². The van der Waals surface area contributed by atoms with Gasteiger partial charge in [-0.25, -0.2) is 9.78 Å². The zero-order valence-corrected chi connectivity index (χ0v) is 14.5. The molecule has 0 radical (unpaired) electrons. The lowest BCUT2D eigenvalue weighted by molar-refractivity contribution is 0.0636. The van der Waals surface area contributed by atoms with Crippen molar-refractivity contribution >= 4 is 22.6 Å². The number of thiazole rings is 1. The van der Waals surface area contributed by atoms with Crippen LogP contribution >= 0.6 is 11.3 Å². The van der Waals surface area contributed by atoms with Crippen molar-refractivity contribution < 1.29 is 9.53 Å². The van der Waals surface area contributed by atoms with E-state index in [1.807, 2.05) is 27.7 Å². The van der Waals surface area contributed by atoms with E-state index in [2.05, 4.69) is 24.1 Å². The van der Waals surface area contributed by atoms with E-state index in [1.54, 1.807) is 0 Å². The number of nitrogens with zero attached hydrogens (tertiary/aromatic N) is 1. The second kappa shape index (κ2) is 4.95. The van der Waals surface area contributed by atoms with Crippen LogP contribution in [0.15, 0.2) is 0 Å². The molecule has 1 atom stereocenters. The molecule has 0 bridgehead atoms. The first-order valence-electron chi connectivity index (χ1n) is 7.19. The van der Waals surface area contributed by atoms with Crippen LogP contribution in [0.1, 0.15) is 51.6 Å². The largest absolute Gasteiger partial charge is 0.444 e. The molecule has 118 valence electrons. The third-order valence-corrected chi connectivity index (χ3v) is 5.38. The van der Waals surface area contributed by atoms with Gasteiger partial charge in [0.2, 0.25) is 0 Å². The molecule has 21 heavy (non-hydrogen) atoms. The van der Waals surface area contributed by atoms with Crippen molar-refractivity contribution in [2.75, 3.05) is 11.9 Å². The number of nitrogens with two attached hydrogens (primary N) is 1. The summed E-state index contributed by atoms with van der Waals surface area (Å²) in [5, 5.41) is 3.29. The summed E-state index contributed by atoms with van der Waals surface area (Å²) in [6.07, 6.45) is 0.588. The Morgan fingerprint density at radius 1 is 1.48 bits per heavy atom. The number of aryl methyl sites for hydroxylation is 1. The fraction of sp³-hybridized carbons (Fsp3) is 0.733. The van der Waals surface area contributed by atoms with Crippen molar-refractivity contribution in [1.82, 2.24) is 4.98 Å². The monoisotopic (exact) mass is 311 g/mol. The summed E-state index contributed by atoms with van der Waals surface area (Å²) in [4.78, 5) is 17.5. The minimum absolute atomic E-state index is 0.00259. The van der Waals surface area contributed by atoms with Gasteiger partial charge in [0, 0.05) is 16.8 Å². The topological polar surface area (TPSA) is 77.2 Å². The standard InChI is InChI=1S/C15H25N3O2S/c1-9-10(15(8-16)7-14(15,5)6)21-11(17-9)18-12(19)20-13(2,3)4/h7-8,16H2,1-6H3,(H,17,18,19). The first-order chi connectivity index (χ1) is 9.51. The molecule has 6 heteroatoms. The van der Waals surface area contributed by atoms with Gasteiger partial charge in [0.1, 0.15) is 5.60 Å². The van der Waals surface area contributed by atoms with Crippen molar-refractivity contribution in [3.8, 4) is 0 Å². The average Bonchev–Trinajstić information content (AvgIpc) is 2.66. The molecule has 1 aromatic heterocycles. The van der Waals surface area contributed by atoms with Gasteiger partial charge in [-0.1, -0.05) is 13.8 Å². The summed E-state index contributed by atoms with van der Waals surface area (Å²) < 4.78 is 5.25. The molecule has 3 N–H and O–H groups in total.